The highest BCUT2D eigenvalue weighted by atomic mass is 127. The first-order valence-corrected chi connectivity index (χ1v) is 13.2. The highest BCUT2D eigenvalue weighted by molar-refractivity contribution is 14.1. The third kappa shape index (κ3) is 7.87. The van der Waals surface area contributed by atoms with Gasteiger partial charge in [0.25, 0.3) is 5.91 Å². The van der Waals surface area contributed by atoms with Crippen LogP contribution in [-0.4, -0.2) is 26.7 Å². The summed E-state index contributed by atoms with van der Waals surface area (Å²) in [6.45, 7) is 2.89. The molecule has 9 heteroatoms. The van der Waals surface area contributed by atoms with Crippen LogP contribution in [0.25, 0.3) is 6.08 Å². The molecule has 0 spiro atoms. The monoisotopic (exact) mass is 676 g/mol. The fourth-order valence-electron chi connectivity index (χ4n) is 3.39. The topological polar surface area (TPSA) is 89.8 Å². The molecule has 0 aliphatic heterocycles. The Balaban J connectivity index is 1.78. The highest BCUT2D eigenvalue weighted by Gasteiger charge is 2.15. The van der Waals surface area contributed by atoms with Gasteiger partial charge in [0, 0.05) is 22.6 Å². The Morgan fingerprint density at radius 2 is 1.81 bits per heavy atom. The summed E-state index contributed by atoms with van der Waals surface area (Å²) in [7, 11) is 3.12. The van der Waals surface area contributed by atoms with Crippen molar-refractivity contribution in [3.05, 3.63) is 84.9 Å². The van der Waals surface area contributed by atoms with Gasteiger partial charge >= 0.3 is 0 Å². The second-order valence-electron chi connectivity index (χ2n) is 7.71. The molecule has 1 N–H and O–H groups in total. The Bertz CT molecular complexity index is 1320. The molecule has 0 aliphatic carbocycles. The maximum Gasteiger partial charge on any atom is 0.262 e. The first kappa shape index (κ1) is 28.3. The van der Waals surface area contributed by atoms with Crippen LogP contribution in [0.15, 0.2) is 64.6 Å². The van der Waals surface area contributed by atoms with E-state index in [9.17, 15) is 10.1 Å². The number of nitriles is 1. The van der Waals surface area contributed by atoms with Gasteiger partial charge in [0.05, 0.1) is 24.4 Å². The number of nitrogens with one attached hydrogen (secondary N) is 1. The predicted octanol–water partition coefficient (Wildman–Crippen LogP) is 6.27. The molecule has 0 unspecified atom stereocenters. The van der Waals surface area contributed by atoms with E-state index in [4.69, 9.17) is 18.9 Å². The van der Waals surface area contributed by atoms with Gasteiger partial charge in [0.1, 0.15) is 29.7 Å². The minimum atomic E-state index is -0.496. The van der Waals surface area contributed by atoms with E-state index in [1.807, 2.05) is 43.3 Å². The lowest BCUT2D eigenvalue weighted by atomic mass is 10.1. The van der Waals surface area contributed by atoms with E-state index in [1.54, 1.807) is 38.5 Å². The zero-order valence-electron chi connectivity index (χ0n) is 20.6. The quantitative estimate of drug-likeness (QED) is 0.146. The number of rotatable bonds is 11. The Kier molecular flexibility index (Phi) is 10.7. The largest absolute Gasteiger partial charge is 0.497 e. The van der Waals surface area contributed by atoms with Crippen molar-refractivity contribution in [3.8, 4) is 29.1 Å². The van der Waals surface area contributed by atoms with Crippen LogP contribution in [0.5, 0.6) is 23.0 Å². The summed E-state index contributed by atoms with van der Waals surface area (Å²) in [5, 5.41) is 12.4. The van der Waals surface area contributed by atoms with Crippen molar-refractivity contribution in [2.75, 3.05) is 20.8 Å². The molecule has 3 rings (SSSR count). The van der Waals surface area contributed by atoms with Gasteiger partial charge in [-0.2, -0.15) is 5.26 Å². The van der Waals surface area contributed by atoms with Gasteiger partial charge in [0.15, 0.2) is 11.5 Å². The summed E-state index contributed by atoms with van der Waals surface area (Å²) >= 11 is 5.60. The van der Waals surface area contributed by atoms with Crippen molar-refractivity contribution in [1.29, 1.82) is 5.26 Å². The van der Waals surface area contributed by atoms with Crippen LogP contribution in [0, 0.1) is 14.9 Å². The van der Waals surface area contributed by atoms with Crippen molar-refractivity contribution in [3.63, 3.8) is 0 Å². The van der Waals surface area contributed by atoms with Crippen LogP contribution < -0.4 is 24.3 Å². The second-order valence-corrected chi connectivity index (χ2v) is 9.79. The van der Waals surface area contributed by atoms with E-state index in [1.165, 1.54) is 6.08 Å². The van der Waals surface area contributed by atoms with E-state index >= 15 is 0 Å². The minimum Gasteiger partial charge on any atom is -0.497 e. The smallest absolute Gasteiger partial charge is 0.262 e. The van der Waals surface area contributed by atoms with Gasteiger partial charge < -0.3 is 24.3 Å². The van der Waals surface area contributed by atoms with Crippen LogP contribution in [0.1, 0.15) is 23.6 Å². The number of amides is 1. The van der Waals surface area contributed by atoms with Crippen molar-refractivity contribution in [2.45, 2.75) is 20.1 Å². The molecule has 0 saturated heterocycles. The molecule has 3 aromatic rings. The molecule has 1 amide bonds. The molecule has 192 valence electrons. The van der Waals surface area contributed by atoms with Crippen LogP contribution >= 0.6 is 38.5 Å². The number of ether oxygens (including phenoxy) is 4. The maximum absolute atomic E-state index is 12.8. The van der Waals surface area contributed by atoms with Crippen molar-refractivity contribution in [1.82, 2.24) is 5.32 Å². The van der Waals surface area contributed by atoms with Crippen LogP contribution in [0.4, 0.5) is 0 Å². The minimum absolute atomic E-state index is 0.0331. The molecule has 0 aliphatic rings. The highest BCUT2D eigenvalue weighted by Crippen LogP contribution is 2.35. The molecule has 7 nitrogen and oxygen atoms in total. The van der Waals surface area contributed by atoms with E-state index in [2.05, 4.69) is 43.8 Å². The fraction of sp³-hybridized carbons (Fsp3) is 0.214. The van der Waals surface area contributed by atoms with Gasteiger partial charge in [0.2, 0.25) is 0 Å². The fourth-order valence-corrected chi connectivity index (χ4v) is 4.44. The number of carbonyl (C=O) groups excluding carboxylic acids is 1. The lowest BCUT2D eigenvalue weighted by Gasteiger charge is -2.15. The summed E-state index contributed by atoms with van der Waals surface area (Å²) in [6.07, 6.45) is 1.53. The summed E-state index contributed by atoms with van der Waals surface area (Å²) in [6, 6.07) is 18.8. The standard InChI is InChI=1S/C28H26BrIN2O5/c1-4-36-26-13-19(12-24(30)27(26)37-17-18-5-8-22(29)9-6-18)11-21(15-31)28(33)32-16-20-7-10-23(34-2)14-25(20)35-3/h5-14H,4,16-17H2,1-3H3,(H,32,33)/b21-11+. The zero-order valence-corrected chi connectivity index (χ0v) is 24.4. The summed E-state index contributed by atoms with van der Waals surface area (Å²) < 4.78 is 24.3. The maximum atomic E-state index is 12.8. The van der Waals surface area contributed by atoms with Gasteiger partial charge in [-0.1, -0.05) is 28.1 Å². The molecular formula is C28H26BrIN2O5. The second kappa shape index (κ2) is 13.9. The van der Waals surface area contributed by atoms with E-state index in [0.29, 0.717) is 41.8 Å². The van der Waals surface area contributed by atoms with Gasteiger partial charge in [-0.05, 0) is 83.1 Å². The third-order valence-electron chi connectivity index (χ3n) is 5.24. The van der Waals surface area contributed by atoms with Crippen LogP contribution in [0.3, 0.4) is 0 Å². The number of carbonyl (C=O) groups is 1. The molecule has 37 heavy (non-hydrogen) atoms. The van der Waals surface area contributed by atoms with Crippen molar-refractivity contribution < 1.29 is 23.7 Å². The van der Waals surface area contributed by atoms with E-state index in [-0.39, 0.29) is 12.1 Å². The van der Waals surface area contributed by atoms with Gasteiger partial charge in [-0.25, -0.2) is 0 Å². The number of hydrogen-bond acceptors (Lipinski definition) is 6. The Morgan fingerprint density at radius 3 is 2.46 bits per heavy atom. The molecule has 0 fully saturated rings. The van der Waals surface area contributed by atoms with E-state index in [0.717, 1.165) is 19.2 Å². The van der Waals surface area contributed by atoms with Gasteiger partial charge in [-0.15, -0.1) is 0 Å². The Hall–Kier alpha value is -3.23. The average molecular weight is 677 g/mol. The molecular weight excluding hydrogens is 651 g/mol. The summed E-state index contributed by atoms with van der Waals surface area (Å²) in [4.78, 5) is 12.8. The molecule has 3 aromatic carbocycles. The molecule has 0 heterocycles. The normalized spacial score (nSPS) is 10.9. The third-order valence-corrected chi connectivity index (χ3v) is 6.57. The number of nitrogens with zero attached hydrogens (tertiary/aromatic N) is 1. The lowest BCUT2D eigenvalue weighted by Crippen LogP contribution is -2.24. The van der Waals surface area contributed by atoms with Crippen LogP contribution in [0.2, 0.25) is 0 Å². The lowest BCUT2D eigenvalue weighted by molar-refractivity contribution is -0.117. The number of benzene rings is 3. The van der Waals surface area contributed by atoms with Gasteiger partial charge in [-0.3, -0.25) is 4.79 Å². The number of methoxy groups -OCH3 is 2. The zero-order chi connectivity index (χ0) is 26.8. The summed E-state index contributed by atoms with van der Waals surface area (Å²) in [5.74, 6) is 1.88. The molecule has 0 radical (unpaired) electrons. The first-order valence-electron chi connectivity index (χ1n) is 11.3. The predicted molar refractivity (Wildman–Crippen MR) is 154 cm³/mol. The number of hydrogen-bond donors (Lipinski definition) is 1. The van der Waals surface area contributed by atoms with E-state index < -0.39 is 5.91 Å². The number of halogens is 2. The van der Waals surface area contributed by atoms with Crippen molar-refractivity contribution >= 4 is 50.5 Å². The molecule has 0 saturated carbocycles. The van der Waals surface area contributed by atoms with Crippen molar-refractivity contribution in [2.24, 2.45) is 0 Å². The average Bonchev–Trinajstić information content (AvgIpc) is 2.90. The molecule has 0 aromatic heterocycles. The Labute approximate surface area is 238 Å². The molecule has 0 bridgehead atoms. The Morgan fingerprint density at radius 1 is 1.05 bits per heavy atom. The SMILES string of the molecule is CCOc1cc(/C=C(\C#N)C(=O)NCc2ccc(OC)cc2OC)cc(I)c1OCc1ccc(Br)cc1. The molecule has 0 atom stereocenters. The first-order chi connectivity index (χ1) is 17.9. The van der Waals surface area contributed by atoms with Crippen LogP contribution in [-0.2, 0) is 17.9 Å². The summed E-state index contributed by atoms with van der Waals surface area (Å²) in [5.41, 5.74) is 2.39.